The summed E-state index contributed by atoms with van der Waals surface area (Å²) < 4.78 is 0. The van der Waals surface area contributed by atoms with Gasteiger partial charge >= 0.3 is 12.0 Å². The summed E-state index contributed by atoms with van der Waals surface area (Å²) in [4.78, 5) is 33.7. The van der Waals surface area contributed by atoms with Crippen molar-refractivity contribution in [1.29, 1.82) is 0 Å². The van der Waals surface area contributed by atoms with Gasteiger partial charge in [-0.15, -0.1) is 0 Å². The molecular weight excluding hydrogens is 344 g/mol. The number of rotatable bonds is 11. The molecule has 2 rings (SSSR count). The van der Waals surface area contributed by atoms with Crippen molar-refractivity contribution in [2.24, 2.45) is 5.73 Å². The topological polar surface area (TPSA) is 134 Å². The van der Waals surface area contributed by atoms with E-state index in [-0.39, 0.29) is 24.0 Å². The predicted octanol–water partition coefficient (Wildman–Crippen LogP) is 0.411. The van der Waals surface area contributed by atoms with Gasteiger partial charge in [0.1, 0.15) is 6.04 Å². The van der Waals surface area contributed by atoms with Crippen LogP contribution in [0.25, 0.3) is 0 Å². The van der Waals surface area contributed by atoms with E-state index in [0.717, 1.165) is 31.4 Å². The summed E-state index contributed by atoms with van der Waals surface area (Å²) in [5.74, 6) is 0.0131. The first-order valence-corrected chi connectivity index (χ1v) is 9.96. The average Bonchev–Trinajstić information content (AvgIpc) is 3.10. The smallest absolute Gasteiger partial charge is 0.320 e. The van der Waals surface area contributed by atoms with Crippen molar-refractivity contribution in [3.63, 3.8) is 0 Å². The van der Waals surface area contributed by atoms with Crippen LogP contribution in [0.2, 0.25) is 0 Å². The summed E-state index contributed by atoms with van der Waals surface area (Å²) in [5, 5.41) is 17.9. The molecule has 9 heteroatoms. The van der Waals surface area contributed by atoms with E-state index in [0.29, 0.717) is 31.1 Å². The molecule has 25 heavy (non-hydrogen) atoms. The van der Waals surface area contributed by atoms with Crippen LogP contribution in [0.1, 0.15) is 44.9 Å². The van der Waals surface area contributed by atoms with Gasteiger partial charge in [0.25, 0.3) is 0 Å². The molecule has 2 aliphatic rings. The van der Waals surface area contributed by atoms with Gasteiger partial charge in [0.15, 0.2) is 0 Å². The fourth-order valence-electron chi connectivity index (χ4n) is 3.20. The van der Waals surface area contributed by atoms with Gasteiger partial charge in [-0.2, -0.15) is 11.8 Å². The van der Waals surface area contributed by atoms with Crippen LogP contribution in [-0.4, -0.2) is 58.7 Å². The maximum absolute atomic E-state index is 11.8. The Hall–Kier alpha value is -1.48. The molecule has 1 unspecified atom stereocenters. The van der Waals surface area contributed by atoms with E-state index in [4.69, 9.17) is 10.8 Å². The zero-order valence-electron chi connectivity index (χ0n) is 14.3. The van der Waals surface area contributed by atoms with Crippen molar-refractivity contribution in [2.45, 2.75) is 68.3 Å². The molecule has 0 aliphatic carbocycles. The number of carboxylic acids is 1. The standard InChI is InChI=1S/C16H28N4O4S/c17-10(15(22)23)5-3-4-8-18-13(21)7-2-1-6-12-14-11(9-25-12)19-16(24)20-14/h10-12,14H,1-9,17H2,(H,18,21)(H,22,23)(H2,19,20,24)/t10-,11-,12?,14-/m0/s1. The number of nitrogens with two attached hydrogens (primary N) is 1. The van der Waals surface area contributed by atoms with E-state index in [1.807, 2.05) is 11.8 Å². The number of unbranched alkanes of at least 4 members (excludes halogenated alkanes) is 2. The molecule has 3 amide bonds. The molecule has 0 bridgehead atoms. The second-order valence-corrected chi connectivity index (χ2v) is 7.93. The zero-order valence-corrected chi connectivity index (χ0v) is 15.1. The number of carbonyl (C=O) groups excluding carboxylic acids is 2. The van der Waals surface area contributed by atoms with E-state index in [2.05, 4.69) is 16.0 Å². The highest BCUT2D eigenvalue weighted by molar-refractivity contribution is 8.00. The van der Waals surface area contributed by atoms with Crippen molar-refractivity contribution in [3.8, 4) is 0 Å². The maximum Gasteiger partial charge on any atom is 0.320 e. The van der Waals surface area contributed by atoms with Crippen LogP contribution in [0.15, 0.2) is 0 Å². The van der Waals surface area contributed by atoms with Crippen molar-refractivity contribution in [2.75, 3.05) is 12.3 Å². The predicted molar refractivity (Wildman–Crippen MR) is 96.4 cm³/mol. The van der Waals surface area contributed by atoms with Gasteiger partial charge in [0.2, 0.25) is 5.91 Å². The van der Waals surface area contributed by atoms with Gasteiger partial charge in [0, 0.05) is 24.0 Å². The molecule has 8 nitrogen and oxygen atoms in total. The fourth-order valence-corrected chi connectivity index (χ4v) is 4.75. The number of carbonyl (C=O) groups is 3. The number of urea groups is 1. The van der Waals surface area contributed by atoms with Crippen molar-refractivity contribution >= 4 is 29.7 Å². The second-order valence-electron chi connectivity index (χ2n) is 6.66. The van der Waals surface area contributed by atoms with Crippen LogP contribution in [-0.2, 0) is 9.59 Å². The highest BCUT2D eigenvalue weighted by Gasteiger charge is 2.42. The van der Waals surface area contributed by atoms with E-state index in [9.17, 15) is 14.4 Å². The third kappa shape index (κ3) is 6.39. The number of thioether (sulfide) groups is 1. The summed E-state index contributed by atoms with van der Waals surface area (Å²) in [5.41, 5.74) is 5.42. The number of amides is 3. The molecule has 0 radical (unpaired) electrons. The number of carboxylic acid groups (broad SMARTS) is 1. The largest absolute Gasteiger partial charge is 0.480 e. The van der Waals surface area contributed by atoms with Crippen LogP contribution in [0.5, 0.6) is 0 Å². The lowest BCUT2D eigenvalue weighted by Crippen LogP contribution is -2.36. The van der Waals surface area contributed by atoms with Crippen LogP contribution in [0.3, 0.4) is 0 Å². The quantitative estimate of drug-likeness (QED) is 0.263. The summed E-state index contributed by atoms with van der Waals surface area (Å²) in [7, 11) is 0. The summed E-state index contributed by atoms with van der Waals surface area (Å²) in [6.45, 7) is 0.561. The monoisotopic (exact) mass is 372 g/mol. The lowest BCUT2D eigenvalue weighted by molar-refractivity contribution is -0.138. The second kappa shape index (κ2) is 9.86. The zero-order chi connectivity index (χ0) is 18.2. The molecule has 0 aromatic carbocycles. The van der Waals surface area contributed by atoms with E-state index < -0.39 is 12.0 Å². The van der Waals surface area contributed by atoms with Gasteiger partial charge in [0.05, 0.1) is 12.1 Å². The maximum atomic E-state index is 11.8. The molecule has 142 valence electrons. The van der Waals surface area contributed by atoms with Crippen LogP contribution >= 0.6 is 11.8 Å². The van der Waals surface area contributed by atoms with Crippen molar-refractivity contribution in [1.82, 2.24) is 16.0 Å². The number of hydrogen-bond donors (Lipinski definition) is 5. The SMILES string of the molecule is N[C@@H](CCCCNC(=O)CCCCC1SC[C@@H]2NC(=O)N[C@H]12)C(=O)O. The van der Waals surface area contributed by atoms with Gasteiger partial charge in [-0.25, -0.2) is 4.79 Å². The average molecular weight is 372 g/mol. The lowest BCUT2D eigenvalue weighted by atomic mass is 10.0. The molecule has 0 saturated carbocycles. The third-order valence-electron chi connectivity index (χ3n) is 4.66. The highest BCUT2D eigenvalue weighted by Crippen LogP contribution is 2.33. The Morgan fingerprint density at radius 2 is 2.08 bits per heavy atom. The Bertz CT molecular complexity index is 491. The summed E-state index contributed by atoms with van der Waals surface area (Å²) in [6, 6.07) is -0.406. The molecule has 2 fully saturated rings. The minimum atomic E-state index is -0.983. The first kappa shape index (κ1) is 19.8. The molecule has 2 saturated heterocycles. The minimum Gasteiger partial charge on any atom is -0.480 e. The number of aliphatic carboxylic acids is 1. The summed E-state index contributed by atoms with van der Waals surface area (Å²) in [6.07, 6.45) is 5.18. The first-order valence-electron chi connectivity index (χ1n) is 8.91. The normalized spacial score (nSPS) is 25.8. The number of fused-ring (bicyclic) bond motifs is 1. The molecule has 6 N–H and O–H groups in total. The highest BCUT2D eigenvalue weighted by atomic mass is 32.2. The number of hydrogen-bond acceptors (Lipinski definition) is 5. The van der Waals surface area contributed by atoms with E-state index in [1.165, 1.54) is 0 Å². The molecule has 0 aromatic heterocycles. The summed E-state index contributed by atoms with van der Waals surface area (Å²) >= 11 is 1.89. The Balaban J connectivity index is 1.46. The Morgan fingerprint density at radius 1 is 1.28 bits per heavy atom. The molecule has 2 heterocycles. The lowest BCUT2D eigenvalue weighted by Gasteiger charge is -2.16. The molecule has 0 spiro atoms. The minimum absolute atomic E-state index is 0.0373. The van der Waals surface area contributed by atoms with Crippen LogP contribution in [0.4, 0.5) is 4.79 Å². The molecule has 0 aromatic rings. The molecule has 4 atom stereocenters. The van der Waals surface area contributed by atoms with Crippen LogP contribution < -0.4 is 21.7 Å². The van der Waals surface area contributed by atoms with Gasteiger partial charge in [-0.1, -0.05) is 6.42 Å². The Labute approximate surface area is 152 Å². The van der Waals surface area contributed by atoms with E-state index >= 15 is 0 Å². The molecule has 2 aliphatic heterocycles. The number of nitrogens with one attached hydrogen (secondary N) is 3. The van der Waals surface area contributed by atoms with Crippen molar-refractivity contribution < 1.29 is 19.5 Å². The van der Waals surface area contributed by atoms with Gasteiger partial charge in [-0.05, 0) is 32.1 Å². The van der Waals surface area contributed by atoms with E-state index in [1.54, 1.807) is 0 Å². The third-order valence-corrected chi connectivity index (χ3v) is 6.17. The van der Waals surface area contributed by atoms with Gasteiger partial charge in [-0.3, -0.25) is 9.59 Å². The molecular formula is C16H28N4O4S. The fraction of sp³-hybridized carbons (Fsp3) is 0.812. The van der Waals surface area contributed by atoms with Crippen molar-refractivity contribution in [3.05, 3.63) is 0 Å². The Kier molecular flexibility index (Phi) is 7.83. The van der Waals surface area contributed by atoms with Gasteiger partial charge < -0.3 is 26.8 Å². The first-order chi connectivity index (χ1) is 12.0. The Morgan fingerprint density at radius 3 is 2.84 bits per heavy atom. The van der Waals surface area contributed by atoms with Crippen LogP contribution in [0, 0.1) is 0 Å².